The van der Waals surface area contributed by atoms with Crippen LogP contribution in [0.15, 0.2) is 12.4 Å². The lowest BCUT2D eigenvalue weighted by atomic mass is 9.87. The summed E-state index contributed by atoms with van der Waals surface area (Å²) in [5.74, 6) is 1.58. The average Bonchev–Trinajstić information content (AvgIpc) is 2.91. The normalized spacial score (nSPS) is 22.9. The van der Waals surface area contributed by atoms with Crippen molar-refractivity contribution in [3.63, 3.8) is 0 Å². The van der Waals surface area contributed by atoms with Crippen LogP contribution < -0.4 is 10.5 Å². The largest absolute Gasteiger partial charge is 0.490 e. The van der Waals surface area contributed by atoms with E-state index < -0.39 is 0 Å². The third-order valence-electron chi connectivity index (χ3n) is 4.23. The molecule has 0 bridgehead atoms. The molecule has 4 heteroatoms. The second kappa shape index (κ2) is 8.30. The molecule has 0 atom stereocenters. The first-order chi connectivity index (χ1) is 9.78. The standard InChI is InChI=1S/C16H29N3O/c1-2-3-4-5-10-19-12-16(11-18-19)20-13-14-6-8-15(17)9-7-14/h11-12,14-15H,2-10,13,17H2,1H3. The van der Waals surface area contributed by atoms with Crippen LogP contribution in [-0.2, 0) is 6.54 Å². The zero-order valence-corrected chi connectivity index (χ0v) is 12.8. The van der Waals surface area contributed by atoms with Gasteiger partial charge in [-0.25, -0.2) is 0 Å². The van der Waals surface area contributed by atoms with Gasteiger partial charge in [0.25, 0.3) is 0 Å². The fraction of sp³-hybridized carbons (Fsp3) is 0.812. The number of hydrogen-bond donors (Lipinski definition) is 1. The van der Waals surface area contributed by atoms with Crippen LogP contribution in [0, 0.1) is 5.92 Å². The molecule has 0 unspecified atom stereocenters. The third kappa shape index (κ3) is 5.16. The van der Waals surface area contributed by atoms with Crippen molar-refractivity contribution >= 4 is 0 Å². The Morgan fingerprint density at radius 2 is 2.05 bits per heavy atom. The van der Waals surface area contributed by atoms with Crippen molar-refractivity contribution in [3.05, 3.63) is 12.4 Å². The van der Waals surface area contributed by atoms with E-state index in [0.717, 1.165) is 31.7 Å². The molecule has 1 aromatic rings. The molecule has 0 radical (unpaired) electrons. The number of aryl methyl sites for hydroxylation is 1. The minimum absolute atomic E-state index is 0.414. The van der Waals surface area contributed by atoms with Crippen molar-refractivity contribution in [2.45, 2.75) is 70.9 Å². The van der Waals surface area contributed by atoms with E-state index in [4.69, 9.17) is 10.5 Å². The highest BCUT2D eigenvalue weighted by Crippen LogP contribution is 2.24. The molecule has 4 nitrogen and oxygen atoms in total. The first-order valence-corrected chi connectivity index (χ1v) is 8.18. The maximum atomic E-state index is 5.92. The number of ether oxygens (including phenoxy) is 1. The Labute approximate surface area is 122 Å². The lowest BCUT2D eigenvalue weighted by Gasteiger charge is -2.25. The number of nitrogens with zero attached hydrogens (tertiary/aromatic N) is 2. The number of aromatic nitrogens is 2. The SMILES string of the molecule is CCCCCCn1cc(OCC2CCC(N)CC2)cn1. The van der Waals surface area contributed by atoms with E-state index in [0.29, 0.717) is 12.0 Å². The van der Waals surface area contributed by atoms with Crippen molar-refractivity contribution in [2.24, 2.45) is 11.7 Å². The number of rotatable bonds is 8. The monoisotopic (exact) mass is 279 g/mol. The summed E-state index contributed by atoms with van der Waals surface area (Å²) in [5, 5.41) is 4.36. The number of nitrogens with two attached hydrogens (primary N) is 1. The summed E-state index contributed by atoms with van der Waals surface area (Å²) < 4.78 is 7.87. The third-order valence-corrected chi connectivity index (χ3v) is 4.23. The van der Waals surface area contributed by atoms with Crippen LogP contribution in [0.1, 0.15) is 58.3 Å². The predicted octanol–water partition coefficient (Wildman–Crippen LogP) is 3.36. The molecule has 2 rings (SSSR count). The lowest BCUT2D eigenvalue weighted by Crippen LogP contribution is -2.28. The molecule has 1 fully saturated rings. The summed E-state index contributed by atoms with van der Waals surface area (Å²) in [6.45, 7) is 4.05. The second-order valence-electron chi connectivity index (χ2n) is 6.09. The van der Waals surface area contributed by atoms with E-state index in [2.05, 4.69) is 12.0 Å². The molecular weight excluding hydrogens is 250 g/mol. The summed E-state index contributed by atoms with van der Waals surface area (Å²) in [5.41, 5.74) is 5.92. The van der Waals surface area contributed by atoms with Crippen LogP contribution in [0.25, 0.3) is 0 Å². The van der Waals surface area contributed by atoms with Gasteiger partial charge in [-0.2, -0.15) is 5.10 Å². The molecule has 1 aliphatic carbocycles. The van der Waals surface area contributed by atoms with Gasteiger partial charge in [-0.15, -0.1) is 0 Å². The fourth-order valence-electron chi connectivity index (χ4n) is 2.81. The number of hydrogen-bond acceptors (Lipinski definition) is 3. The van der Waals surface area contributed by atoms with Crippen molar-refractivity contribution in [1.82, 2.24) is 9.78 Å². The van der Waals surface area contributed by atoms with Gasteiger partial charge in [-0.05, 0) is 38.0 Å². The highest BCUT2D eigenvalue weighted by Gasteiger charge is 2.19. The molecule has 1 aliphatic rings. The Kier molecular flexibility index (Phi) is 6.37. The van der Waals surface area contributed by atoms with E-state index in [9.17, 15) is 0 Å². The molecule has 2 N–H and O–H groups in total. The van der Waals surface area contributed by atoms with Gasteiger partial charge in [0.2, 0.25) is 0 Å². The molecular formula is C16H29N3O. The van der Waals surface area contributed by atoms with Gasteiger partial charge in [0, 0.05) is 12.6 Å². The highest BCUT2D eigenvalue weighted by atomic mass is 16.5. The fourth-order valence-corrected chi connectivity index (χ4v) is 2.81. The molecule has 0 aliphatic heterocycles. The quantitative estimate of drug-likeness (QED) is 0.742. The van der Waals surface area contributed by atoms with Crippen LogP contribution >= 0.6 is 0 Å². The highest BCUT2D eigenvalue weighted by molar-refractivity contribution is 5.11. The zero-order chi connectivity index (χ0) is 14.2. The Bertz CT molecular complexity index is 370. The summed E-state index contributed by atoms with van der Waals surface area (Å²) in [6, 6.07) is 0.414. The van der Waals surface area contributed by atoms with E-state index >= 15 is 0 Å². The topological polar surface area (TPSA) is 53.1 Å². The first-order valence-electron chi connectivity index (χ1n) is 8.18. The van der Waals surface area contributed by atoms with E-state index in [1.165, 1.54) is 38.5 Å². The van der Waals surface area contributed by atoms with Gasteiger partial charge in [0.15, 0.2) is 5.75 Å². The molecule has 1 heterocycles. The summed E-state index contributed by atoms with van der Waals surface area (Å²) >= 11 is 0. The molecule has 0 amide bonds. The Hall–Kier alpha value is -1.03. The summed E-state index contributed by atoms with van der Waals surface area (Å²) in [4.78, 5) is 0. The van der Waals surface area contributed by atoms with E-state index in [1.807, 2.05) is 17.1 Å². The molecule has 1 saturated carbocycles. The van der Waals surface area contributed by atoms with Crippen LogP contribution in [0.3, 0.4) is 0 Å². The lowest BCUT2D eigenvalue weighted by molar-refractivity contribution is 0.200. The average molecular weight is 279 g/mol. The second-order valence-corrected chi connectivity index (χ2v) is 6.09. The van der Waals surface area contributed by atoms with Crippen molar-refractivity contribution < 1.29 is 4.74 Å². The summed E-state index contributed by atoms with van der Waals surface area (Å²) in [7, 11) is 0. The number of unbranched alkanes of at least 4 members (excludes halogenated alkanes) is 3. The van der Waals surface area contributed by atoms with Crippen LogP contribution in [0.2, 0.25) is 0 Å². The maximum absolute atomic E-state index is 5.92. The van der Waals surface area contributed by atoms with Crippen molar-refractivity contribution in [3.8, 4) is 5.75 Å². The Balaban J connectivity index is 1.65. The van der Waals surface area contributed by atoms with E-state index in [1.54, 1.807) is 0 Å². The molecule has 0 spiro atoms. The molecule has 0 aromatic carbocycles. The molecule has 1 aromatic heterocycles. The smallest absolute Gasteiger partial charge is 0.157 e. The first kappa shape index (κ1) is 15.4. The van der Waals surface area contributed by atoms with Gasteiger partial charge in [-0.3, -0.25) is 4.68 Å². The Morgan fingerprint density at radius 3 is 2.80 bits per heavy atom. The van der Waals surface area contributed by atoms with Crippen LogP contribution in [-0.4, -0.2) is 22.4 Å². The van der Waals surface area contributed by atoms with Crippen LogP contribution in [0.5, 0.6) is 5.75 Å². The minimum Gasteiger partial charge on any atom is -0.490 e. The Morgan fingerprint density at radius 1 is 1.25 bits per heavy atom. The minimum atomic E-state index is 0.414. The van der Waals surface area contributed by atoms with Gasteiger partial charge < -0.3 is 10.5 Å². The summed E-state index contributed by atoms with van der Waals surface area (Å²) in [6.07, 6.45) is 13.6. The van der Waals surface area contributed by atoms with Gasteiger partial charge in [0.1, 0.15) is 0 Å². The zero-order valence-electron chi connectivity index (χ0n) is 12.8. The van der Waals surface area contributed by atoms with Crippen molar-refractivity contribution in [2.75, 3.05) is 6.61 Å². The van der Waals surface area contributed by atoms with Gasteiger partial charge >= 0.3 is 0 Å². The van der Waals surface area contributed by atoms with Crippen molar-refractivity contribution in [1.29, 1.82) is 0 Å². The van der Waals surface area contributed by atoms with Gasteiger partial charge in [0.05, 0.1) is 19.0 Å². The molecule has 0 saturated heterocycles. The van der Waals surface area contributed by atoms with E-state index in [-0.39, 0.29) is 0 Å². The molecule has 20 heavy (non-hydrogen) atoms. The predicted molar refractivity (Wildman–Crippen MR) is 81.8 cm³/mol. The van der Waals surface area contributed by atoms with Crippen LogP contribution in [0.4, 0.5) is 0 Å². The molecule has 114 valence electrons. The maximum Gasteiger partial charge on any atom is 0.157 e. The van der Waals surface area contributed by atoms with Gasteiger partial charge in [-0.1, -0.05) is 26.2 Å².